The third-order valence-electron chi connectivity index (χ3n) is 5.78. The van der Waals surface area contributed by atoms with Crippen molar-refractivity contribution in [2.24, 2.45) is 0 Å². The maximum Gasteiger partial charge on any atom is 0.254 e. The maximum absolute atomic E-state index is 13.2. The molecule has 4 heteroatoms. The van der Waals surface area contributed by atoms with Gasteiger partial charge in [-0.05, 0) is 41.3 Å². The highest BCUT2D eigenvalue weighted by Crippen LogP contribution is 2.27. The average Bonchev–Trinajstić information content (AvgIpc) is 3.39. The molecule has 1 aliphatic heterocycles. The molecule has 1 amide bonds. The Morgan fingerprint density at radius 1 is 0.875 bits per heavy atom. The number of rotatable bonds is 9. The van der Waals surface area contributed by atoms with E-state index in [0.717, 1.165) is 53.6 Å². The first kappa shape index (κ1) is 22.3. The Balaban J connectivity index is 1.50. The van der Waals surface area contributed by atoms with Crippen LogP contribution in [0.2, 0.25) is 0 Å². The summed E-state index contributed by atoms with van der Waals surface area (Å²) in [5.41, 5.74) is 5.20. The first-order chi connectivity index (χ1) is 15.7. The molecular formula is C28H31NO3. The number of carbonyl (C=O) groups is 1. The largest absolute Gasteiger partial charge is 0.346 e. The first-order valence-electron chi connectivity index (χ1n) is 11.5. The second-order valence-corrected chi connectivity index (χ2v) is 8.20. The van der Waals surface area contributed by atoms with Crippen LogP contribution in [0.25, 0.3) is 11.1 Å². The lowest BCUT2D eigenvalue weighted by Crippen LogP contribution is -2.31. The van der Waals surface area contributed by atoms with Gasteiger partial charge in [-0.15, -0.1) is 0 Å². The fourth-order valence-corrected chi connectivity index (χ4v) is 4.02. The summed E-state index contributed by atoms with van der Waals surface area (Å²) in [5.74, 6) is 0.0908. The summed E-state index contributed by atoms with van der Waals surface area (Å²) in [6.45, 7) is 4.84. The molecule has 4 nitrogen and oxygen atoms in total. The van der Waals surface area contributed by atoms with Gasteiger partial charge in [-0.1, -0.05) is 80.4 Å². The third-order valence-corrected chi connectivity index (χ3v) is 5.78. The molecule has 1 aliphatic rings. The summed E-state index contributed by atoms with van der Waals surface area (Å²) in [4.78, 5) is 15.1. The van der Waals surface area contributed by atoms with Crippen molar-refractivity contribution < 1.29 is 14.3 Å². The van der Waals surface area contributed by atoms with Gasteiger partial charge in [0.05, 0.1) is 13.2 Å². The molecule has 0 aliphatic carbocycles. The summed E-state index contributed by atoms with van der Waals surface area (Å²) < 4.78 is 11.2. The van der Waals surface area contributed by atoms with Crippen LogP contribution >= 0.6 is 0 Å². The van der Waals surface area contributed by atoms with Crippen LogP contribution in [0.5, 0.6) is 0 Å². The van der Waals surface area contributed by atoms with Crippen LogP contribution in [0.4, 0.5) is 0 Å². The number of benzene rings is 3. The molecule has 0 saturated carbocycles. The monoisotopic (exact) mass is 429 g/mol. The van der Waals surface area contributed by atoms with E-state index in [1.807, 2.05) is 35.2 Å². The molecule has 4 rings (SSSR count). The van der Waals surface area contributed by atoms with Gasteiger partial charge < -0.3 is 14.4 Å². The zero-order chi connectivity index (χ0) is 22.2. The second-order valence-electron chi connectivity index (χ2n) is 8.20. The predicted molar refractivity (Wildman–Crippen MR) is 127 cm³/mol. The van der Waals surface area contributed by atoms with E-state index in [4.69, 9.17) is 9.47 Å². The Labute approximate surface area is 190 Å². The summed E-state index contributed by atoms with van der Waals surface area (Å²) in [7, 11) is 0. The molecule has 0 unspecified atom stereocenters. The lowest BCUT2D eigenvalue weighted by molar-refractivity contribution is -0.0441. The molecule has 0 atom stereocenters. The molecule has 0 bridgehead atoms. The van der Waals surface area contributed by atoms with Gasteiger partial charge in [0.1, 0.15) is 0 Å². The van der Waals surface area contributed by atoms with Crippen molar-refractivity contribution in [1.29, 1.82) is 0 Å². The Bertz CT molecular complexity index is 995. The molecule has 0 radical (unpaired) electrons. The van der Waals surface area contributed by atoms with E-state index in [-0.39, 0.29) is 12.2 Å². The van der Waals surface area contributed by atoms with Crippen molar-refractivity contribution >= 4 is 5.91 Å². The van der Waals surface area contributed by atoms with E-state index in [2.05, 4.69) is 55.5 Å². The molecular weight excluding hydrogens is 398 g/mol. The molecule has 1 fully saturated rings. The summed E-state index contributed by atoms with van der Waals surface area (Å²) in [6, 6.07) is 26.4. The van der Waals surface area contributed by atoms with Crippen LogP contribution < -0.4 is 0 Å². The Morgan fingerprint density at radius 3 is 2.34 bits per heavy atom. The molecule has 3 aromatic carbocycles. The summed E-state index contributed by atoms with van der Waals surface area (Å²) in [6.07, 6.45) is 3.02. The van der Waals surface area contributed by atoms with Crippen molar-refractivity contribution in [1.82, 2.24) is 4.90 Å². The van der Waals surface area contributed by atoms with Crippen molar-refractivity contribution in [3.05, 3.63) is 95.6 Å². The van der Waals surface area contributed by atoms with E-state index in [0.29, 0.717) is 19.8 Å². The quantitative estimate of drug-likeness (QED) is 0.378. The van der Waals surface area contributed by atoms with Crippen LogP contribution in [-0.4, -0.2) is 30.6 Å². The van der Waals surface area contributed by atoms with Gasteiger partial charge >= 0.3 is 0 Å². The Kier molecular flexibility index (Phi) is 7.70. The molecule has 0 N–H and O–H groups in total. The van der Waals surface area contributed by atoms with Crippen LogP contribution in [-0.2, 0) is 16.0 Å². The van der Waals surface area contributed by atoms with Crippen molar-refractivity contribution in [2.75, 3.05) is 19.8 Å². The van der Waals surface area contributed by atoms with Crippen LogP contribution in [0.1, 0.15) is 54.0 Å². The molecule has 3 aromatic rings. The van der Waals surface area contributed by atoms with Crippen LogP contribution in [0, 0.1) is 0 Å². The normalized spacial score (nSPS) is 13.9. The van der Waals surface area contributed by atoms with E-state index < -0.39 is 0 Å². The van der Waals surface area contributed by atoms with Gasteiger partial charge in [0.2, 0.25) is 0 Å². The Morgan fingerprint density at radius 2 is 1.62 bits per heavy atom. The molecule has 1 saturated heterocycles. The first-order valence-corrected chi connectivity index (χ1v) is 11.5. The fourth-order valence-electron chi connectivity index (χ4n) is 4.02. The molecule has 0 aromatic heterocycles. The van der Waals surface area contributed by atoms with E-state index >= 15 is 0 Å². The van der Waals surface area contributed by atoms with Gasteiger partial charge in [-0.2, -0.15) is 0 Å². The van der Waals surface area contributed by atoms with Gasteiger partial charge in [-0.25, -0.2) is 0 Å². The molecule has 32 heavy (non-hydrogen) atoms. The standard InChI is InChI=1S/C28H31NO3/c1-2-3-7-17-29(27(30)24-10-5-4-6-11-24)21-22-9-8-12-26(20-22)23-13-15-25(16-14-23)28-31-18-19-32-28/h4-6,8-16,20,28H,2-3,7,17-19,21H2,1H3. The van der Waals surface area contributed by atoms with Crippen molar-refractivity contribution in [3.8, 4) is 11.1 Å². The highest BCUT2D eigenvalue weighted by atomic mass is 16.7. The van der Waals surface area contributed by atoms with E-state index in [1.165, 1.54) is 0 Å². The highest BCUT2D eigenvalue weighted by Gasteiger charge is 2.18. The number of hydrogen-bond acceptors (Lipinski definition) is 3. The van der Waals surface area contributed by atoms with E-state index in [9.17, 15) is 4.79 Å². The minimum atomic E-state index is -0.254. The number of hydrogen-bond donors (Lipinski definition) is 0. The van der Waals surface area contributed by atoms with Gasteiger partial charge in [-0.3, -0.25) is 4.79 Å². The van der Waals surface area contributed by atoms with Gasteiger partial charge in [0.15, 0.2) is 6.29 Å². The second kappa shape index (κ2) is 11.1. The number of nitrogens with zero attached hydrogens (tertiary/aromatic N) is 1. The van der Waals surface area contributed by atoms with E-state index in [1.54, 1.807) is 0 Å². The number of ether oxygens (including phenoxy) is 2. The molecule has 1 heterocycles. The fraction of sp³-hybridized carbons (Fsp3) is 0.321. The summed E-state index contributed by atoms with van der Waals surface area (Å²) in [5, 5.41) is 0. The smallest absolute Gasteiger partial charge is 0.254 e. The minimum Gasteiger partial charge on any atom is -0.346 e. The molecule has 0 spiro atoms. The van der Waals surface area contributed by atoms with Crippen molar-refractivity contribution in [2.45, 2.75) is 39.0 Å². The lowest BCUT2D eigenvalue weighted by Gasteiger charge is -2.23. The van der Waals surface area contributed by atoms with Gasteiger partial charge in [0.25, 0.3) is 5.91 Å². The molecule has 166 valence electrons. The summed E-state index contributed by atoms with van der Waals surface area (Å²) >= 11 is 0. The number of carbonyl (C=O) groups excluding carboxylic acids is 1. The topological polar surface area (TPSA) is 38.8 Å². The third kappa shape index (κ3) is 5.64. The number of amides is 1. The van der Waals surface area contributed by atoms with Crippen LogP contribution in [0.3, 0.4) is 0 Å². The predicted octanol–water partition coefficient (Wildman–Crippen LogP) is 6.23. The maximum atomic E-state index is 13.2. The highest BCUT2D eigenvalue weighted by molar-refractivity contribution is 5.94. The van der Waals surface area contributed by atoms with Crippen molar-refractivity contribution in [3.63, 3.8) is 0 Å². The zero-order valence-corrected chi connectivity index (χ0v) is 18.7. The Hall–Kier alpha value is -2.95. The minimum absolute atomic E-state index is 0.0908. The SMILES string of the molecule is CCCCCN(Cc1cccc(-c2ccc(C3OCCO3)cc2)c1)C(=O)c1ccccc1. The zero-order valence-electron chi connectivity index (χ0n) is 18.7. The lowest BCUT2D eigenvalue weighted by atomic mass is 10.0. The van der Waals surface area contributed by atoms with Gasteiger partial charge in [0, 0.05) is 24.2 Å². The number of unbranched alkanes of at least 4 members (excludes halogenated alkanes) is 2. The average molecular weight is 430 g/mol. The van der Waals surface area contributed by atoms with Crippen LogP contribution in [0.15, 0.2) is 78.9 Å².